The fraction of sp³-hybridized carbons (Fsp3) is 0.306. The number of rotatable bonds is 7. The van der Waals surface area contributed by atoms with Gasteiger partial charge in [0.1, 0.15) is 0 Å². The number of aliphatic hydroxyl groups is 1. The highest BCUT2D eigenvalue weighted by molar-refractivity contribution is 5.79. The van der Waals surface area contributed by atoms with Gasteiger partial charge in [0.15, 0.2) is 5.60 Å². The maximum absolute atomic E-state index is 13.1. The predicted octanol–water partition coefficient (Wildman–Crippen LogP) is 6.03. The number of likely N-dealkylation sites (tertiary alicyclic amines) is 1. The SMILES string of the molecule is C[C@@H](c1ccccc1)N(Cc1ccccc1)[C@@H]1CCN(C2c3ccccc3CCc3ccccc32)C[C@]1(O)C(=O)O. The van der Waals surface area contributed by atoms with E-state index in [2.05, 4.69) is 89.5 Å². The summed E-state index contributed by atoms with van der Waals surface area (Å²) < 4.78 is 0. The lowest BCUT2D eigenvalue weighted by Crippen LogP contribution is -2.66. The minimum Gasteiger partial charge on any atom is -0.479 e. The number of hydrogen-bond donors (Lipinski definition) is 2. The molecule has 0 unspecified atom stereocenters. The molecule has 5 heteroatoms. The van der Waals surface area contributed by atoms with Gasteiger partial charge in [0, 0.05) is 25.7 Å². The van der Waals surface area contributed by atoms with Gasteiger partial charge in [0.2, 0.25) is 0 Å². The van der Waals surface area contributed by atoms with Gasteiger partial charge in [-0.1, -0.05) is 109 Å². The van der Waals surface area contributed by atoms with Gasteiger partial charge in [0.05, 0.1) is 12.1 Å². The van der Waals surface area contributed by atoms with Crippen LogP contribution in [0.1, 0.15) is 58.8 Å². The second-order valence-electron chi connectivity index (χ2n) is 11.5. The lowest BCUT2D eigenvalue weighted by Gasteiger charge is -2.50. The first-order valence-electron chi connectivity index (χ1n) is 14.7. The van der Waals surface area contributed by atoms with Gasteiger partial charge >= 0.3 is 5.97 Å². The maximum Gasteiger partial charge on any atom is 0.338 e. The molecule has 210 valence electrons. The summed E-state index contributed by atoms with van der Waals surface area (Å²) >= 11 is 0. The second kappa shape index (κ2) is 11.6. The van der Waals surface area contributed by atoms with Gasteiger partial charge in [0.25, 0.3) is 0 Å². The fourth-order valence-corrected chi connectivity index (χ4v) is 7.01. The minimum atomic E-state index is -1.95. The highest BCUT2D eigenvalue weighted by Gasteiger charge is 2.53. The Kier molecular flexibility index (Phi) is 7.76. The molecule has 4 aromatic carbocycles. The molecule has 1 heterocycles. The first-order valence-corrected chi connectivity index (χ1v) is 14.7. The van der Waals surface area contributed by atoms with Gasteiger partial charge in [-0.05, 0) is 59.6 Å². The lowest BCUT2D eigenvalue weighted by atomic mass is 9.82. The van der Waals surface area contributed by atoms with E-state index in [0.29, 0.717) is 19.5 Å². The summed E-state index contributed by atoms with van der Waals surface area (Å²) in [6.07, 6.45) is 2.43. The first-order chi connectivity index (χ1) is 20.0. The Bertz CT molecular complexity index is 1440. The highest BCUT2D eigenvalue weighted by Crippen LogP contribution is 2.42. The van der Waals surface area contributed by atoms with Gasteiger partial charge in [-0.2, -0.15) is 0 Å². The van der Waals surface area contributed by atoms with Crippen molar-refractivity contribution in [3.8, 4) is 0 Å². The van der Waals surface area contributed by atoms with E-state index in [4.69, 9.17) is 0 Å². The standard InChI is InChI=1S/C36H38N2O3/c1-26(28-14-6-3-7-15-28)38(24-27-12-4-2-5-13-27)33-22-23-37(25-36(33,41)35(39)40)34-31-18-10-8-16-29(31)20-21-30-17-9-11-19-32(30)34/h2-19,26,33-34,41H,20-25H2,1H3,(H,39,40)/t26-,33+,36+/m0/s1. The largest absolute Gasteiger partial charge is 0.479 e. The molecule has 1 aliphatic carbocycles. The number of carboxylic acid groups (broad SMARTS) is 1. The number of carbonyl (C=O) groups is 1. The number of hydrogen-bond acceptors (Lipinski definition) is 4. The third-order valence-corrected chi connectivity index (χ3v) is 9.17. The summed E-state index contributed by atoms with van der Waals surface area (Å²) in [5, 5.41) is 22.9. The number of aliphatic carboxylic acids is 1. The van der Waals surface area contributed by atoms with E-state index in [1.165, 1.54) is 22.3 Å². The van der Waals surface area contributed by atoms with Crippen LogP contribution in [0.4, 0.5) is 0 Å². The minimum absolute atomic E-state index is 0.0487. The molecule has 4 aromatic rings. The molecule has 2 N–H and O–H groups in total. The van der Waals surface area contributed by atoms with Crippen LogP contribution < -0.4 is 0 Å². The Morgan fingerprint density at radius 1 is 0.854 bits per heavy atom. The van der Waals surface area contributed by atoms with Crippen molar-refractivity contribution in [1.29, 1.82) is 0 Å². The Hall–Kier alpha value is -3.77. The number of carboxylic acids is 1. The Morgan fingerprint density at radius 2 is 1.39 bits per heavy atom. The van der Waals surface area contributed by atoms with E-state index in [1.807, 2.05) is 36.4 Å². The zero-order valence-corrected chi connectivity index (χ0v) is 23.6. The van der Waals surface area contributed by atoms with Crippen LogP contribution in [-0.2, 0) is 24.2 Å². The summed E-state index contributed by atoms with van der Waals surface area (Å²) in [6, 6.07) is 36.6. The summed E-state index contributed by atoms with van der Waals surface area (Å²) in [4.78, 5) is 17.5. The van der Waals surface area contributed by atoms with Crippen molar-refractivity contribution < 1.29 is 15.0 Å². The van der Waals surface area contributed by atoms with Gasteiger partial charge in [-0.25, -0.2) is 4.79 Å². The van der Waals surface area contributed by atoms with E-state index in [0.717, 1.165) is 24.0 Å². The molecule has 1 fully saturated rings. The molecule has 0 amide bonds. The zero-order chi connectivity index (χ0) is 28.4. The molecule has 6 rings (SSSR count). The smallest absolute Gasteiger partial charge is 0.338 e. The molecule has 0 aromatic heterocycles. The van der Waals surface area contributed by atoms with Crippen molar-refractivity contribution in [2.45, 2.75) is 56.5 Å². The van der Waals surface area contributed by atoms with Crippen LogP contribution in [0.25, 0.3) is 0 Å². The second-order valence-corrected chi connectivity index (χ2v) is 11.5. The molecule has 2 aliphatic rings. The molecule has 1 aliphatic heterocycles. The van der Waals surface area contributed by atoms with E-state index >= 15 is 0 Å². The average Bonchev–Trinajstić information content (AvgIpc) is 3.18. The third kappa shape index (κ3) is 5.33. The van der Waals surface area contributed by atoms with Crippen LogP contribution in [-0.4, -0.2) is 50.7 Å². The molecule has 0 spiro atoms. The Labute approximate surface area is 242 Å². The summed E-state index contributed by atoms with van der Waals surface area (Å²) in [5.74, 6) is -1.17. The molecule has 0 radical (unpaired) electrons. The third-order valence-electron chi connectivity index (χ3n) is 9.17. The zero-order valence-electron chi connectivity index (χ0n) is 23.6. The monoisotopic (exact) mass is 546 g/mol. The fourth-order valence-electron chi connectivity index (χ4n) is 7.01. The maximum atomic E-state index is 13.1. The summed E-state index contributed by atoms with van der Waals surface area (Å²) in [5.41, 5.74) is 5.25. The van der Waals surface area contributed by atoms with Crippen LogP contribution in [0.3, 0.4) is 0 Å². The first kappa shape index (κ1) is 27.4. The van der Waals surface area contributed by atoms with Gasteiger partial charge < -0.3 is 10.2 Å². The Morgan fingerprint density at radius 3 is 1.98 bits per heavy atom. The lowest BCUT2D eigenvalue weighted by molar-refractivity contribution is -0.179. The van der Waals surface area contributed by atoms with Gasteiger partial charge in [-0.3, -0.25) is 9.80 Å². The normalized spacial score (nSPS) is 22.0. The van der Waals surface area contributed by atoms with E-state index < -0.39 is 17.6 Å². The number of β-amino-alcohol motifs (C(OH)–C–C–N with tert-alkyl or cyclic N) is 1. The number of benzene rings is 4. The van der Waals surface area contributed by atoms with Crippen LogP contribution in [0.15, 0.2) is 109 Å². The van der Waals surface area contributed by atoms with Crippen molar-refractivity contribution >= 4 is 5.97 Å². The van der Waals surface area contributed by atoms with E-state index in [-0.39, 0.29) is 18.6 Å². The predicted molar refractivity (Wildman–Crippen MR) is 162 cm³/mol. The molecule has 3 atom stereocenters. The van der Waals surface area contributed by atoms with Crippen molar-refractivity contribution in [2.75, 3.05) is 13.1 Å². The summed E-state index contributed by atoms with van der Waals surface area (Å²) in [6.45, 7) is 3.39. The van der Waals surface area contributed by atoms with E-state index in [1.54, 1.807) is 0 Å². The number of nitrogens with zero attached hydrogens (tertiary/aromatic N) is 2. The summed E-state index contributed by atoms with van der Waals surface area (Å²) in [7, 11) is 0. The number of piperidine rings is 1. The van der Waals surface area contributed by atoms with E-state index in [9.17, 15) is 15.0 Å². The van der Waals surface area contributed by atoms with Crippen LogP contribution in [0.5, 0.6) is 0 Å². The Balaban J connectivity index is 1.39. The quantitative estimate of drug-likeness (QED) is 0.297. The topological polar surface area (TPSA) is 64.0 Å². The van der Waals surface area contributed by atoms with Crippen molar-refractivity contribution in [3.05, 3.63) is 143 Å². The molecular formula is C36H38N2O3. The number of fused-ring (bicyclic) bond motifs is 2. The molecule has 0 saturated carbocycles. The van der Waals surface area contributed by atoms with Gasteiger partial charge in [-0.15, -0.1) is 0 Å². The molecular weight excluding hydrogens is 508 g/mol. The van der Waals surface area contributed by atoms with Crippen molar-refractivity contribution in [1.82, 2.24) is 9.80 Å². The van der Waals surface area contributed by atoms with Crippen molar-refractivity contribution in [3.63, 3.8) is 0 Å². The molecule has 5 nitrogen and oxygen atoms in total. The number of aryl methyl sites for hydroxylation is 2. The average molecular weight is 547 g/mol. The van der Waals surface area contributed by atoms with Crippen LogP contribution in [0.2, 0.25) is 0 Å². The van der Waals surface area contributed by atoms with Crippen LogP contribution >= 0.6 is 0 Å². The van der Waals surface area contributed by atoms with Crippen LogP contribution in [0, 0.1) is 0 Å². The van der Waals surface area contributed by atoms with Crippen molar-refractivity contribution in [2.24, 2.45) is 0 Å². The molecule has 1 saturated heterocycles. The molecule has 41 heavy (non-hydrogen) atoms. The highest BCUT2D eigenvalue weighted by atomic mass is 16.4. The molecule has 0 bridgehead atoms.